The molecule has 0 aliphatic carbocycles. The van der Waals surface area contributed by atoms with Gasteiger partial charge in [0.05, 0.1) is 5.02 Å². The number of rotatable bonds is 5. The number of aromatic nitrogens is 2. The van der Waals surface area contributed by atoms with Gasteiger partial charge in [-0.05, 0) is 18.2 Å². The van der Waals surface area contributed by atoms with Crippen molar-refractivity contribution in [3.63, 3.8) is 0 Å². The molecular weight excluding hydrogens is 350 g/mol. The molecule has 0 saturated heterocycles. The molecule has 122 valence electrons. The fourth-order valence-electron chi connectivity index (χ4n) is 1.98. The van der Waals surface area contributed by atoms with Gasteiger partial charge in [0.2, 0.25) is 0 Å². The van der Waals surface area contributed by atoms with Crippen molar-refractivity contribution in [2.75, 3.05) is 6.61 Å². The Kier molecular flexibility index (Phi) is 5.05. The van der Waals surface area contributed by atoms with Gasteiger partial charge in [0.25, 0.3) is 5.91 Å². The topological polar surface area (TPSA) is 84.3 Å². The van der Waals surface area contributed by atoms with Crippen LogP contribution in [-0.2, 0) is 4.79 Å². The zero-order chi connectivity index (χ0) is 16.9. The van der Waals surface area contributed by atoms with Crippen molar-refractivity contribution in [3.05, 3.63) is 53.6 Å². The molecule has 0 radical (unpaired) electrons. The molecule has 0 bridgehead atoms. The van der Waals surface area contributed by atoms with Crippen LogP contribution in [0.15, 0.2) is 48.5 Å². The summed E-state index contributed by atoms with van der Waals surface area (Å²) in [5.41, 5.74) is 3.15. The van der Waals surface area contributed by atoms with Gasteiger partial charge in [-0.2, -0.15) is 0 Å². The fourth-order valence-corrected chi connectivity index (χ4v) is 3.14. The Morgan fingerprint density at radius 1 is 1.17 bits per heavy atom. The van der Waals surface area contributed by atoms with Crippen molar-refractivity contribution in [2.45, 2.75) is 0 Å². The van der Waals surface area contributed by atoms with E-state index in [4.69, 9.17) is 21.5 Å². The molecule has 3 rings (SSSR count). The average Bonchev–Trinajstić information content (AvgIpc) is 3.10. The second-order valence-electron chi connectivity index (χ2n) is 4.74. The third-order valence-corrected chi connectivity index (χ3v) is 4.44. The molecule has 0 aliphatic heterocycles. The molecule has 6 nitrogen and oxygen atoms in total. The van der Waals surface area contributed by atoms with E-state index in [1.807, 2.05) is 24.3 Å². The normalized spacial score (nSPS) is 10.4. The first kappa shape index (κ1) is 16.4. The zero-order valence-electron chi connectivity index (χ0n) is 12.3. The van der Waals surface area contributed by atoms with E-state index in [-0.39, 0.29) is 6.61 Å². The largest absolute Gasteiger partial charge is 0.484 e. The fraction of sp³-hybridized carbons (Fsp3) is 0.0625. The molecule has 24 heavy (non-hydrogen) atoms. The third kappa shape index (κ3) is 3.70. The molecule has 0 saturated carbocycles. The van der Waals surface area contributed by atoms with E-state index in [1.165, 1.54) is 16.8 Å². The van der Waals surface area contributed by atoms with Crippen LogP contribution >= 0.6 is 22.9 Å². The van der Waals surface area contributed by atoms with Gasteiger partial charge >= 0.3 is 0 Å². The number of nitrogens with one attached hydrogen (secondary N) is 1. The molecule has 8 heteroatoms. The summed E-state index contributed by atoms with van der Waals surface area (Å²) in [6, 6.07) is 14.6. The minimum Gasteiger partial charge on any atom is -0.484 e. The van der Waals surface area contributed by atoms with Crippen LogP contribution in [0.3, 0.4) is 0 Å². The Hall–Kier alpha value is -2.48. The molecule has 0 unspecified atom stereocenters. The number of hydrogen-bond donors (Lipinski definition) is 2. The maximum absolute atomic E-state index is 11.0. The summed E-state index contributed by atoms with van der Waals surface area (Å²) < 4.78 is 5.29. The van der Waals surface area contributed by atoms with Gasteiger partial charge < -0.3 is 4.74 Å². The number of hydroxylamine groups is 1. The predicted octanol–water partition coefficient (Wildman–Crippen LogP) is 3.41. The van der Waals surface area contributed by atoms with E-state index in [0.717, 1.165) is 16.1 Å². The van der Waals surface area contributed by atoms with Crippen LogP contribution in [0.2, 0.25) is 5.02 Å². The Balaban J connectivity index is 1.83. The van der Waals surface area contributed by atoms with Gasteiger partial charge in [-0.15, -0.1) is 10.2 Å². The molecule has 2 aromatic carbocycles. The van der Waals surface area contributed by atoms with E-state index in [1.54, 1.807) is 24.3 Å². The van der Waals surface area contributed by atoms with Crippen LogP contribution in [0.1, 0.15) is 0 Å². The molecule has 1 heterocycles. The van der Waals surface area contributed by atoms with Crippen LogP contribution < -0.4 is 10.2 Å². The Morgan fingerprint density at radius 2 is 1.96 bits per heavy atom. The number of halogens is 1. The van der Waals surface area contributed by atoms with Crippen molar-refractivity contribution in [2.24, 2.45) is 0 Å². The highest BCUT2D eigenvalue weighted by molar-refractivity contribution is 7.18. The number of carbonyl (C=O) groups is 1. The number of carbonyl (C=O) groups excluding carboxylic acids is 1. The highest BCUT2D eigenvalue weighted by Crippen LogP contribution is 2.34. The average molecular weight is 362 g/mol. The van der Waals surface area contributed by atoms with Crippen LogP contribution in [0.4, 0.5) is 0 Å². The van der Waals surface area contributed by atoms with E-state index >= 15 is 0 Å². The summed E-state index contributed by atoms with van der Waals surface area (Å²) in [4.78, 5) is 11.0. The Morgan fingerprint density at radius 3 is 2.75 bits per heavy atom. The standard InChI is InChI=1S/C16H12ClN3O3S/c17-13-7-2-1-6-12(13)16-19-18-15(24-16)10-4-3-5-11(8-10)23-9-14(21)20-22/h1-8,22H,9H2,(H,20,21). The summed E-state index contributed by atoms with van der Waals surface area (Å²) in [5.74, 6) is -0.136. The van der Waals surface area contributed by atoms with Gasteiger partial charge in [-0.1, -0.05) is 53.3 Å². The first-order chi connectivity index (χ1) is 11.7. The van der Waals surface area contributed by atoms with E-state index in [2.05, 4.69) is 10.2 Å². The van der Waals surface area contributed by atoms with Crippen LogP contribution in [-0.4, -0.2) is 27.9 Å². The van der Waals surface area contributed by atoms with Crippen molar-refractivity contribution in [3.8, 4) is 26.9 Å². The molecule has 1 aromatic heterocycles. The van der Waals surface area contributed by atoms with E-state index < -0.39 is 5.91 Å². The van der Waals surface area contributed by atoms with Crippen molar-refractivity contribution in [1.82, 2.24) is 15.7 Å². The monoisotopic (exact) mass is 361 g/mol. The van der Waals surface area contributed by atoms with Crippen LogP contribution in [0, 0.1) is 0 Å². The molecular formula is C16H12ClN3O3S. The smallest absolute Gasteiger partial charge is 0.281 e. The molecule has 0 fully saturated rings. The lowest BCUT2D eigenvalue weighted by Crippen LogP contribution is -2.25. The first-order valence-electron chi connectivity index (χ1n) is 6.92. The highest BCUT2D eigenvalue weighted by atomic mass is 35.5. The van der Waals surface area contributed by atoms with Crippen LogP contribution in [0.5, 0.6) is 5.75 Å². The minimum atomic E-state index is -0.627. The molecule has 3 aromatic rings. The van der Waals surface area contributed by atoms with Gasteiger partial charge in [-0.25, -0.2) is 5.48 Å². The zero-order valence-corrected chi connectivity index (χ0v) is 13.8. The maximum atomic E-state index is 11.0. The molecule has 1 amide bonds. The lowest BCUT2D eigenvalue weighted by molar-refractivity contribution is -0.131. The van der Waals surface area contributed by atoms with Crippen molar-refractivity contribution < 1.29 is 14.7 Å². The summed E-state index contributed by atoms with van der Waals surface area (Å²) in [7, 11) is 0. The van der Waals surface area contributed by atoms with Crippen molar-refractivity contribution in [1.29, 1.82) is 0 Å². The number of nitrogens with zero attached hydrogens (tertiary/aromatic N) is 2. The summed E-state index contributed by atoms with van der Waals surface area (Å²) in [6.45, 7) is -0.277. The lowest BCUT2D eigenvalue weighted by atomic mass is 10.2. The second kappa shape index (κ2) is 7.39. The highest BCUT2D eigenvalue weighted by Gasteiger charge is 2.12. The van der Waals surface area contributed by atoms with Crippen molar-refractivity contribution >= 4 is 28.8 Å². The van der Waals surface area contributed by atoms with E-state index in [9.17, 15) is 4.79 Å². The van der Waals surface area contributed by atoms with Gasteiger partial charge in [-0.3, -0.25) is 10.0 Å². The molecule has 0 aliphatic rings. The number of hydrogen-bond acceptors (Lipinski definition) is 6. The molecule has 0 spiro atoms. The SMILES string of the molecule is O=C(COc1cccc(-c2nnc(-c3ccccc3Cl)s2)c1)NO. The van der Waals surface area contributed by atoms with Gasteiger partial charge in [0.1, 0.15) is 15.8 Å². The Labute approximate surface area is 146 Å². The minimum absolute atomic E-state index is 0.277. The summed E-state index contributed by atoms with van der Waals surface area (Å²) in [6.07, 6.45) is 0. The summed E-state index contributed by atoms with van der Waals surface area (Å²) >= 11 is 7.59. The van der Waals surface area contributed by atoms with Crippen LogP contribution in [0.25, 0.3) is 21.1 Å². The third-order valence-electron chi connectivity index (χ3n) is 3.10. The number of benzene rings is 2. The number of ether oxygens (including phenoxy) is 1. The van der Waals surface area contributed by atoms with E-state index in [0.29, 0.717) is 15.8 Å². The quantitative estimate of drug-likeness (QED) is 0.537. The lowest BCUT2D eigenvalue weighted by Gasteiger charge is -2.05. The van der Waals surface area contributed by atoms with Gasteiger partial charge in [0, 0.05) is 11.1 Å². The second-order valence-corrected chi connectivity index (χ2v) is 6.13. The Bertz CT molecular complexity index is 869. The molecule has 2 N–H and O–H groups in total. The summed E-state index contributed by atoms with van der Waals surface area (Å²) in [5, 5.41) is 18.9. The first-order valence-corrected chi connectivity index (χ1v) is 8.11. The molecule has 0 atom stereocenters. The maximum Gasteiger partial charge on any atom is 0.281 e. The number of amides is 1. The van der Waals surface area contributed by atoms with Gasteiger partial charge in [0.15, 0.2) is 6.61 Å². The predicted molar refractivity (Wildman–Crippen MR) is 91.2 cm³/mol.